The highest BCUT2D eigenvalue weighted by Crippen LogP contribution is 2.40. The van der Waals surface area contributed by atoms with Gasteiger partial charge in [0, 0.05) is 12.0 Å². The van der Waals surface area contributed by atoms with Crippen LogP contribution in [0.4, 0.5) is 30.7 Å². The van der Waals surface area contributed by atoms with Crippen molar-refractivity contribution in [1.82, 2.24) is 0 Å². The fraction of sp³-hybridized carbons (Fsp3) is 0.294. The number of rotatable bonds is 4. The lowest BCUT2D eigenvalue weighted by Crippen LogP contribution is -2.31. The molecule has 0 heterocycles. The molecule has 0 bridgehead atoms. The first kappa shape index (κ1) is 20.2. The molecular weight excluding hydrogens is 367 g/mol. The summed E-state index contributed by atoms with van der Waals surface area (Å²) in [6, 6.07) is 5.93. The van der Waals surface area contributed by atoms with Crippen LogP contribution in [0.2, 0.25) is 0 Å². The molecule has 0 aliphatic carbocycles. The minimum Gasteiger partial charge on any atom is -0.391 e. The van der Waals surface area contributed by atoms with Crippen molar-refractivity contribution in [3.8, 4) is 0 Å². The molecule has 9 heteroatoms. The smallest absolute Gasteiger partial charge is 0.391 e. The van der Waals surface area contributed by atoms with E-state index in [1.165, 1.54) is 0 Å². The fourth-order valence-corrected chi connectivity index (χ4v) is 2.53. The van der Waals surface area contributed by atoms with Gasteiger partial charge in [0.1, 0.15) is 5.82 Å². The van der Waals surface area contributed by atoms with E-state index in [4.69, 9.17) is 5.73 Å². The summed E-state index contributed by atoms with van der Waals surface area (Å²) in [5, 5.41) is 10.1. The Bertz CT molecular complexity index is 756. The molecule has 2 rings (SSSR count). The molecule has 0 saturated heterocycles. The Labute approximate surface area is 144 Å². The molecule has 142 valence electrons. The summed E-state index contributed by atoms with van der Waals surface area (Å²) in [6.07, 6.45) is -12.3. The monoisotopic (exact) mass is 381 g/mol. The molecule has 2 aromatic carbocycles. The van der Waals surface area contributed by atoms with E-state index < -0.39 is 47.0 Å². The van der Waals surface area contributed by atoms with Crippen LogP contribution >= 0.6 is 0 Å². The van der Waals surface area contributed by atoms with Crippen molar-refractivity contribution < 1.29 is 35.8 Å². The summed E-state index contributed by atoms with van der Waals surface area (Å²) in [4.78, 5) is 0. The molecule has 2 aromatic rings. The molecule has 0 aliphatic rings. The molecular formula is C17H14F7NO. The zero-order chi connectivity index (χ0) is 19.7. The van der Waals surface area contributed by atoms with E-state index in [1.807, 2.05) is 0 Å². The van der Waals surface area contributed by atoms with Crippen LogP contribution in [0.3, 0.4) is 0 Å². The van der Waals surface area contributed by atoms with Crippen LogP contribution in [-0.4, -0.2) is 11.2 Å². The standard InChI is InChI=1S/C17H14F7NO/c18-12-8-10(16(19,20)21)7-11(17(22,23)24)14(12)15(25)13(26)6-9-4-2-1-3-5-9/h1-5,7-8,13,15,26H,6,25H2/t13-,15-/m0/s1. The Hall–Kier alpha value is -2.13. The summed E-state index contributed by atoms with van der Waals surface area (Å²) >= 11 is 0. The van der Waals surface area contributed by atoms with Crippen molar-refractivity contribution >= 4 is 0 Å². The van der Waals surface area contributed by atoms with Crippen LogP contribution in [-0.2, 0) is 18.8 Å². The van der Waals surface area contributed by atoms with Gasteiger partial charge < -0.3 is 10.8 Å². The number of benzene rings is 2. The number of aliphatic hydroxyl groups excluding tert-OH is 1. The first-order valence-corrected chi connectivity index (χ1v) is 7.36. The van der Waals surface area contributed by atoms with Gasteiger partial charge in [-0.2, -0.15) is 26.3 Å². The highest BCUT2D eigenvalue weighted by Gasteiger charge is 2.41. The van der Waals surface area contributed by atoms with Gasteiger partial charge in [0.05, 0.1) is 23.3 Å². The quantitative estimate of drug-likeness (QED) is 0.768. The van der Waals surface area contributed by atoms with E-state index in [0.29, 0.717) is 5.56 Å². The molecule has 2 atom stereocenters. The van der Waals surface area contributed by atoms with Gasteiger partial charge in [-0.1, -0.05) is 30.3 Å². The topological polar surface area (TPSA) is 46.2 Å². The van der Waals surface area contributed by atoms with Crippen LogP contribution in [0.25, 0.3) is 0 Å². The molecule has 0 spiro atoms. The second kappa shape index (κ2) is 7.24. The van der Waals surface area contributed by atoms with E-state index in [1.54, 1.807) is 30.3 Å². The Morgan fingerprint density at radius 2 is 1.50 bits per heavy atom. The normalized spacial score (nSPS) is 15.0. The third-order valence-electron chi connectivity index (χ3n) is 3.80. The second-order valence-corrected chi connectivity index (χ2v) is 5.70. The molecule has 0 amide bonds. The van der Waals surface area contributed by atoms with Crippen LogP contribution in [0, 0.1) is 5.82 Å². The number of nitrogens with two attached hydrogens (primary N) is 1. The Balaban J connectivity index is 2.46. The third-order valence-corrected chi connectivity index (χ3v) is 3.80. The van der Waals surface area contributed by atoms with Crippen molar-refractivity contribution in [3.63, 3.8) is 0 Å². The summed E-state index contributed by atoms with van der Waals surface area (Å²) in [5.41, 5.74) is 1.26. The minimum absolute atomic E-state index is 0.0559. The first-order chi connectivity index (χ1) is 11.9. The summed E-state index contributed by atoms with van der Waals surface area (Å²) in [7, 11) is 0. The number of alkyl halides is 6. The first-order valence-electron chi connectivity index (χ1n) is 7.36. The van der Waals surface area contributed by atoms with Crippen molar-refractivity contribution in [2.24, 2.45) is 5.73 Å². The number of hydrogen-bond donors (Lipinski definition) is 2. The summed E-state index contributed by atoms with van der Waals surface area (Å²) in [6.45, 7) is 0. The van der Waals surface area contributed by atoms with Crippen LogP contribution in [0.1, 0.15) is 28.3 Å². The lowest BCUT2D eigenvalue weighted by Gasteiger charge is -2.24. The molecule has 0 radical (unpaired) electrons. The lowest BCUT2D eigenvalue weighted by molar-refractivity contribution is -0.144. The van der Waals surface area contributed by atoms with Gasteiger partial charge in [-0.05, 0) is 17.7 Å². The van der Waals surface area contributed by atoms with Crippen molar-refractivity contribution in [2.45, 2.75) is 30.9 Å². The van der Waals surface area contributed by atoms with Gasteiger partial charge in [-0.25, -0.2) is 4.39 Å². The van der Waals surface area contributed by atoms with Gasteiger partial charge in [-0.3, -0.25) is 0 Å². The Morgan fingerprint density at radius 3 is 2.00 bits per heavy atom. The highest BCUT2D eigenvalue weighted by molar-refractivity contribution is 5.39. The van der Waals surface area contributed by atoms with Gasteiger partial charge in [-0.15, -0.1) is 0 Å². The largest absolute Gasteiger partial charge is 0.416 e. The van der Waals surface area contributed by atoms with Crippen molar-refractivity contribution in [1.29, 1.82) is 0 Å². The van der Waals surface area contributed by atoms with Gasteiger partial charge in [0.2, 0.25) is 0 Å². The fourth-order valence-electron chi connectivity index (χ4n) is 2.53. The van der Waals surface area contributed by atoms with Crippen LogP contribution < -0.4 is 5.73 Å². The minimum atomic E-state index is -5.28. The van der Waals surface area contributed by atoms with Crippen LogP contribution in [0.5, 0.6) is 0 Å². The molecule has 0 fully saturated rings. The van der Waals surface area contributed by atoms with Gasteiger partial charge in [0.25, 0.3) is 0 Å². The average Bonchev–Trinajstić information content (AvgIpc) is 2.52. The Morgan fingerprint density at radius 1 is 0.923 bits per heavy atom. The molecule has 0 aliphatic heterocycles. The Kier molecular flexibility index (Phi) is 5.62. The SMILES string of the molecule is N[C@H](c1c(F)cc(C(F)(F)F)cc1C(F)(F)F)[C@@H](O)Cc1ccccc1. The molecule has 2 nitrogen and oxygen atoms in total. The number of halogens is 7. The van der Waals surface area contributed by atoms with Gasteiger partial charge in [0.15, 0.2) is 0 Å². The summed E-state index contributed by atoms with van der Waals surface area (Å²) in [5.74, 6) is -1.77. The number of hydrogen-bond acceptors (Lipinski definition) is 2. The highest BCUT2D eigenvalue weighted by atomic mass is 19.4. The van der Waals surface area contributed by atoms with E-state index >= 15 is 0 Å². The van der Waals surface area contributed by atoms with Crippen molar-refractivity contribution in [3.05, 3.63) is 70.5 Å². The zero-order valence-electron chi connectivity index (χ0n) is 13.1. The molecule has 3 N–H and O–H groups in total. The average molecular weight is 381 g/mol. The molecule has 0 saturated carbocycles. The second-order valence-electron chi connectivity index (χ2n) is 5.70. The van der Waals surface area contributed by atoms with E-state index in [2.05, 4.69) is 0 Å². The predicted octanol–water partition coefficient (Wildman–Crippen LogP) is 4.47. The third kappa shape index (κ3) is 4.53. The van der Waals surface area contributed by atoms with E-state index in [0.717, 1.165) is 0 Å². The van der Waals surface area contributed by atoms with Gasteiger partial charge >= 0.3 is 12.4 Å². The molecule has 0 unspecified atom stereocenters. The zero-order valence-corrected chi connectivity index (χ0v) is 13.1. The van der Waals surface area contributed by atoms with Crippen molar-refractivity contribution in [2.75, 3.05) is 0 Å². The van der Waals surface area contributed by atoms with E-state index in [9.17, 15) is 35.8 Å². The van der Waals surface area contributed by atoms with E-state index in [-0.39, 0.29) is 18.6 Å². The lowest BCUT2D eigenvalue weighted by atomic mass is 9.91. The maximum absolute atomic E-state index is 14.1. The molecule has 0 aromatic heterocycles. The molecule has 26 heavy (non-hydrogen) atoms. The van der Waals surface area contributed by atoms with Crippen LogP contribution in [0.15, 0.2) is 42.5 Å². The maximum Gasteiger partial charge on any atom is 0.416 e. The number of aliphatic hydroxyl groups is 1. The predicted molar refractivity (Wildman–Crippen MR) is 79.5 cm³/mol. The summed E-state index contributed by atoms with van der Waals surface area (Å²) < 4.78 is 91.8. The maximum atomic E-state index is 14.1.